The Kier molecular flexibility index (Phi) is 24.0. The fourth-order valence-electron chi connectivity index (χ4n) is 14.7. The van der Waals surface area contributed by atoms with Gasteiger partial charge in [0.15, 0.2) is 0 Å². The molecule has 12 aromatic rings. The maximum absolute atomic E-state index is 12.3. The second-order valence-electron chi connectivity index (χ2n) is 36.0. The molecule has 2 heterocycles. The molecule has 0 aliphatic carbocycles. The minimum atomic E-state index is -0.144. The number of phenols is 2. The van der Waals surface area contributed by atoms with E-state index in [1.54, 1.807) is 14.2 Å². The van der Waals surface area contributed by atoms with Crippen molar-refractivity contribution in [2.45, 2.75) is 198 Å². The molecule has 7 heteroatoms. The van der Waals surface area contributed by atoms with Crippen LogP contribution in [0, 0.1) is 24.7 Å². The molecule has 0 spiro atoms. The fraction of sp³-hybridized carbons (Fsp3) is 0.354. The molecule has 10 aromatic carbocycles. The molecule has 0 radical (unpaired) electrons. The molecular formula is C96H116N2O4Zr. The first-order valence-electron chi connectivity index (χ1n) is 36.4. The summed E-state index contributed by atoms with van der Waals surface area (Å²) in [6.07, 6.45) is 1.99. The van der Waals surface area contributed by atoms with Crippen LogP contribution in [0.2, 0.25) is 0 Å². The van der Waals surface area contributed by atoms with Crippen LogP contribution in [-0.4, -0.2) is 33.6 Å². The van der Waals surface area contributed by atoms with Crippen molar-refractivity contribution in [3.63, 3.8) is 0 Å². The molecule has 0 aliphatic heterocycles. The van der Waals surface area contributed by atoms with E-state index in [4.69, 9.17) is 9.47 Å². The third-order valence-electron chi connectivity index (χ3n) is 19.6. The van der Waals surface area contributed by atoms with Gasteiger partial charge in [-0.1, -0.05) is 225 Å². The number of para-hydroxylation sites is 2. The molecule has 2 N–H and O–H groups in total. The smallest absolute Gasteiger partial charge is 0.505 e. The van der Waals surface area contributed by atoms with E-state index in [1.165, 1.54) is 54.9 Å². The first-order chi connectivity index (χ1) is 47.4. The molecule has 0 bridgehead atoms. The molecule has 103 heavy (non-hydrogen) atoms. The van der Waals surface area contributed by atoms with Gasteiger partial charge in [-0.05, 0) is 174 Å². The largest absolute Gasteiger partial charge is 2.00 e. The average molecular weight is 1450 g/mol. The van der Waals surface area contributed by atoms with E-state index < -0.39 is 0 Å². The van der Waals surface area contributed by atoms with E-state index in [-0.39, 0.29) is 81.0 Å². The Morgan fingerprint density at radius 3 is 0.777 bits per heavy atom. The third-order valence-corrected chi connectivity index (χ3v) is 19.6. The van der Waals surface area contributed by atoms with Gasteiger partial charge in [-0.2, -0.15) is 49.2 Å². The maximum atomic E-state index is 12.3. The Hall–Kier alpha value is -8.38. The van der Waals surface area contributed by atoms with Crippen molar-refractivity contribution in [1.82, 2.24) is 9.13 Å². The number of fused-ring (bicyclic) bond motifs is 6. The molecule has 12 rings (SSSR count). The first-order valence-corrected chi connectivity index (χ1v) is 36.4. The molecular weight excluding hydrogens is 1340 g/mol. The minimum absolute atomic E-state index is 0. The molecule has 0 aliphatic rings. The standard InChI is InChI=1S/2C41H51NO2.2C7H7.Zr/c2*1-38(2,3)25-41(10,11)28-23-32(29-15-13-14-16-36(29)44-12)37(43)35(24-28)42-33-19-17-26(39(4,5)6)21-30(33)31-22-27(40(7,8)9)18-20-34(31)42;2*1-7-5-3-2-4-6-7;/h2*13-24,43H,25H2,1-12H3;2*2-6H,1H2;/q;;2*-1;+2. The molecule has 0 saturated heterocycles. The summed E-state index contributed by atoms with van der Waals surface area (Å²) >= 11 is 0. The molecule has 0 amide bonds. The molecule has 0 fully saturated rings. The second-order valence-corrected chi connectivity index (χ2v) is 36.0. The fourth-order valence-corrected chi connectivity index (χ4v) is 14.7. The Labute approximate surface area is 638 Å². The van der Waals surface area contributed by atoms with Gasteiger partial charge in [0.2, 0.25) is 0 Å². The number of ether oxygens (including phenoxy) is 2. The normalized spacial score (nSPS) is 12.4. The summed E-state index contributed by atoms with van der Waals surface area (Å²) in [5, 5.41) is 29.4. The zero-order valence-corrected chi connectivity index (χ0v) is 69.0. The molecule has 0 saturated carbocycles. The van der Waals surface area contributed by atoms with Crippen LogP contribution < -0.4 is 9.47 Å². The summed E-state index contributed by atoms with van der Waals surface area (Å²) in [5.41, 5.74) is 19.0. The van der Waals surface area contributed by atoms with Crippen molar-refractivity contribution in [2.24, 2.45) is 10.8 Å². The summed E-state index contributed by atoms with van der Waals surface area (Å²) in [7, 11) is 3.38. The number of hydrogen-bond acceptors (Lipinski definition) is 4. The van der Waals surface area contributed by atoms with Crippen molar-refractivity contribution in [2.75, 3.05) is 14.2 Å². The topological polar surface area (TPSA) is 68.8 Å². The first kappa shape index (κ1) is 80.3. The number of benzene rings is 10. The van der Waals surface area contributed by atoms with Crippen LogP contribution >= 0.6 is 0 Å². The molecule has 0 unspecified atom stereocenters. The monoisotopic (exact) mass is 1450 g/mol. The summed E-state index contributed by atoms with van der Waals surface area (Å²) in [6, 6.07) is 71.8. The van der Waals surface area contributed by atoms with Gasteiger partial charge in [0.25, 0.3) is 0 Å². The van der Waals surface area contributed by atoms with Gasteiger partial charge in [0.05, 0.1) is 47.7 Å². The zero-order valence-electron chi connectivity index (χ0n) is 66.6. The third kappa shape index (κ3) is 18.6. The van der Waals surface area contributed by atoms with Crippen molar-refractivity contribution in [1.29, 1.82) is 0 Å². The molecule has 0 atom stereocenters. The summed E-state index contributed by atoms with van der Waals surface area (Å²) in [5.74, 6) is 1.99. The zero-order chi connectivity index (χ0) is 75.0. The van der Waals surface area contributed by atoms with Crippen LogP contribution in [0.1, 0.15) is 210 Å². The minimum Gasteiger partial charge on any atom is -0.505 e. The maximum Gasteiger partial charge on any atom is 2.00 e. The van der Waals surface area contributed by atoms with Crippen LogP contribution in [-0.2, 0) is 58.7 Å². The van der Waals surface area contributed by atoms with Gasteiger partial charge in [0.1, 0.15) is 23.0 Å². The van der Waals surface area contributed by atoms with Gasteiger partial charge in [-0.15, -0.1) is 24.3 Å². The van der Waals surface area contributed by atoms with E-state index in [0.29, 0.717) is 0 Å². The number of aromatic nitrogens is 2. The number of rotatable bonds is 10. The Balaban J connectivity index is 0.000000217. The van der Waals surface area contributed by atoms with Gasteiger partial charge in [-0.3, -0.25) is 0 Å². The molecule has 2 aromatic heterocycles. The van der Waals surface area contributed by atoms with Crippen molar-refractivity contribution in [3.05, 3.63) is 265 Å². The Morgan fingerprint density at radius 2 is 0.553 bits per heavy atom. The predicted molar refractivity (Wildman–Crippen MR) is 440 cm³/mol. The number of phenolic OH excluding ortho intramolecular Hbond substituents is 2. The average Bonchev–Trinajstić information content (AvgIpc) is 1.60. The number of nitrogens with zero attached hydrogens (tertiary/aromatic N) is 2. The van der Waals surface area contributed by atoms with Crippen LogP contribution in [0.25, 0.3) is 77.2 Å². The Bertz CT molecular complexity index is 4470. The van der Waals surface area contributed by atoms with E-state index in [9.17, 15) is 10.2 Å². The number of hydrogen-bond donors (Lipinski definition) is 2. The number of aromatic hydroxyl groups is 2. The number of methoxy groups -OCH3 is 2. The van der Waals surface area contributed by atoms with Crippen LogP contribution in [0.15, 0.2) is 206 Å². The van der Waals surface area contributed by atoms with E-state index in [2.05, 4.69) is 272 Å². The van der Waals surface area contributed by atoms with Gasteiger partial charge < -0.3 is 28.8 Å². The van der Waals surface area contributed by atoms with Crippen molar-refractivity contribution >= 4 is 43.6 Å². The van der Waals surface area contributed by atoms with Crippen LogP contribution in [0.4, 0.5) is 0 Å². The van der Waals surface area contributed by atoms with E-state index in [0.717, 1.165) is 91.2 Å². The van der Waals surface area contributed by atoms with Gasteiger partial charge in [-0.25, -0.2) is 0 Å². The summed E-state index contributed by atoms with van der Waals surface area (Å²) < 4.78 is 16.2. The van der Waals surface area contributed by atoms with Gasteiger partial charge in [0, 0.05) is 43.8 Å². The van der Waals surface area contributed by atoms with Crippen molar-refractivity contribution < 1.29 is 45.9 Å². The summed E-state index contributed by atoms with van der Waals surface area (Å²) in [6.45, 7) is 57.6. The molecule has 6 nitrogen and oxygen atoms in total. The summed E-state index contributed by atoms with van der Waals surface area (Å²) in [4.78, 5) is 0. The molecule has 538 valence electrons. The van der Waals surface area contributed by atoms with E-state index in [1.807, 2.05) is 109 Å². The van der Waals surface area contributed by atoms with Crippen molar-refractivity contribution in [3.8, 4) is 56.6 Å². The van der Waals surface area contributed by atoms with Crippen LogP contribution in [0.5, 0.6) is 23.0 Å². The van der Waals surface area contributed by atoms with E-state index >= 15 is 0 Å². The van der Waals surface area contributed by atoms with Crippen LogP contribution in [0.3, 0.4) is 0 Å². The quantitative estimate of drug-likeness (QED) is 0.134. The van der Waals surface area contributed by atoms with Gasteiger partial charge >= 0.3 is 26.2 Å². The second kappa shape index (κ2) is 30.7. The SMILES string of the molecule is COc1ccccc1-c1cc(C(C)(C)CC(C)(C)C)cc(-n2c3ccc(C(C)(C)C)cc3c3cc(C(C)(C)C)ccc32)c1O.COc1ccccc1-c1cc(C(C)(C)CC(C)(C)C)cc(-n2c3ccc(C(C)(C)C)cc3c3cc(C(C)(C)C)ccc32)c1O.[CH2-]c1ccccc1.[CH2-]c1ccccc1.[Zr+2]. The Morgan fingerprint density at radius 1 is 0.301 bits per heavy atom. The predicted octanol–water partition coefficient (Wildman–Crippen LogP) is 26.7.